The lowest BCUT2D eigenvalue weighted by Crippen LogP contribution is -2.48. The van der Waals surface area contributed by atoms with E-state index in [0.717, 1.165) is 11.3 Å². The average Bonchev–Trinajstić information content (AvgIpc) is 3.30. The number of hydrogen-bond acceptors (Lipinski definition) is 9. The molecule has 11 nitrogen and oxygen atoms in total. The summed E-state index contributed by atoms with van der Waals surface area (Å²) in [5.74, 6) is -0.473. The minimum Gasteiger partial charge on any atom is -0.373 e. The summed E-state index contributed by atoms with van der Waals surface area (Å²) >= 11 is 1.10. The average molecular weight is 565 g/mol. The van der Waals surface area contributed by atoms with Crippen molar-refractivity contribution >= 4 is 48.1 Å². The lowest BCUT2D eigenvalue weighted by Gasteiger charge is -2.34. The highest BCUT2D eigenvalue weighted by atomic mass is 32.2. The zero-order chi connectivity index (χ0) is 26.8. The first kappa shape index (κ1) is 27.1. The van der Waals surface area contributed by atoms with Gasteiger partial charge in [0, 0.05) is 29.5 Å². The highest BCUT2D eigenvalue weighted by molar-refractivity contribution is 7.94. The van der Waals surface area contributed by atoms with E-state index >= 15 is 0 Å². The van der Waals surface area contributed by atoms with E-state index in [-0.39, 0.29) is 45.8 Å². The maximum atomic E-state index is 13.0. The minimum absolute atomic E-state index is 0.0531. The summed E-state index contributed by atoms with van der Waals surface area (Å²) in [5.41, 5.74) is 0.610. The van der Waals surface area contributed by atoms with Crippen molar-refractivity contribution in [2.75, 3.05) is 18.4 Å². The van der Waals surface area contributed by atoms with Crippen molar-refractivity contribution in [3.05, 3.63) is 63.8 Å². The lowest BCUT2D eigenvalue weighted by molar-refractivity contribution is -0.0440. The Labute approximate surface area is 220 Å². The molecule has 1 N–H and O–H groups in total. The number of benzene rings is 2. The molecule has 1 fully saturated rings. The van der Waals surface area contributed by atoms with Crippen molar-refractivity contribution in [3.63, 3.8) is 0 Å². The van der Waals surface area contributed by atoms with Gasteiger partial charge in [-0.3, -0.25) is 9.89 Å². The fourth-order valence-corrected chi connectivity index (χ4v) is 7.13. The first-order valence-corrected chi connectivity index (χ1v) is 15.1. The van der Waals surface area contributed by atoms with Crippen LogP contribution in [0.1, 0.15) is 36.1 Å². The number of carbonyl (C=O) groups excluding carboxylic acids is 1. The molecule has 0 spiro atoms. The molecule has 0 saturated carbocycles. The Morgan fingerprint density at radius 2 is 1.59 bits per heavy atom. The van der Waals surface area contributed by atoms with Gasteiger partial charge in [0.25, 0.3) is 5.91 Å². The SMILES string of the molecule is CCc1nnc([N-]S(=O)(=O)c2ccc(NC(=O)c3ccc(S(=O)(=O)N4CC(C)OC(C)C4)cc3)cc2)s1. The Morgan fingerprint density at radius 3 is 2.16 bits per heavy atom. The van der Waals surface area contributed by atoms with E-state index in [2.05, 4.69) is 20.2 Å². The lowest BCUT2D eigenvalue weighted by atomic mass is 10.2. The predicted molar refractivity (Wildman–Crippen MR) is 139 cm³/mol. The smallest absolute Gasteiger partial charge is 0.255 e. The molecule has 2 heterocycles. The van der Waals surface area contributed by atoms with Crippen molar-refractivity contribution in [2.45, 2.75) is 49.2 Å². The number of sulfonamides is 2. The summed E-state index contributed by atoms with van der Waals surface area (Å²) in [6.45, 7) is 6.04. The minimum atomic E-state index is -3.99. The Morgan fingerprint density at radius 1 is 1.00 bits per heavy atom. The van der Waals surface area contributed by atoms with Crippen molar-refractivity contribution < 1.29 is 26.4 Å². The molecule has 1 aliphatic rings. The van der Waals surface area contributed by atoms with Gasteiger partial charge in [0.15, 0.2) is 0 Å². The molecule has 1 saturated heterocycles. The van der Waals surface area contributed by atoms with Crippen LogP contribution in [0.15, 0.2) is 58.3 Å². The molecule has 0 bridgehead atoms. The molecule has 4 rings (SSSR count). The summed E-state index contributed by atoms with van der Waals surface area (Å²) < 4.78 is 61.8. The van der Waals surface area contributed by atoms with Gasteiger partial charge in [-0.2, -0.15) is 4.31 Å². The summed E-state index contributed by atoms with van der Waals surface area (Å²) in [5, 5.41) is 11.0. The molecule has 37 heavy (non-hydrogen) atoms. The maximum Gasteiger partial charge on any atom is 0.255 e. The van der Waals surface area contributed by atoms with Gasteiger partial charge in [-0.05, 0) is 68.8 Å². The van der Waals surface area contributed by atoms with Crippen LogP contribution in [-0.2, 0) is 31.2 Å². The van der Waals surface area contributed by atoms with Gasteiger partial charge in [0.2, 0.25) is 20.0 Å². The Hall–Kier alpha value is -2.91. The molecule has 1 aromatic heterocycles. The second-order valence-electron chi connectivity index (χ2n) is 8.48. The number of carbonyl (C=O) groups is 1. The number of aromatic nitrogens is 2. The molecule has 2 atom stereocenters. The summed E-state index contributed by atoms with van der Waals surface area (Å²) in [6, 6.07) is 11.2. The van der Waals surface area contributed by atoms with Gasteiger partial charge >= 0.3 is 0 Å². The van der Waals surface area contributed by atoms with Gasteiger partial charge in [0.1, 0.15) is 0 Å². The zero-order valence-corrected chi connectivity index (χ0v) is 22.8. The van der Waals surface area contributed by atoms with Crippen LogP contribution in [0.5, 0.6) is 0 Å². The van der Waals surface area contributed by atoms with E-state index < -0.39 is 26.0 Å². The van der Waals surface area contributed by atoms with Gasteiger partial charge in [-0.25, -0.2) is 16.8 Å². The quantitative estimate of drug-likeness (QED) is 0.436. The molecule has 14 heteroatoms. The summed E-state index contributed by atoms with van der Waals surface area (Å²) in [7, 11) is -7.71. The number of aryl methyl sites for hydroxylation is 1. The normalized spacial score (nSPS) is 18.9. The third-order valence-electron chi connectivity index (χ3n) is 5.51. The van der Waals surface area contributed by atoms with Gasteiger partial charge in [0.05, 0.1) is 27.0 Å². The fraction of sp³-hybridized carbons (Fsp3) is 0.348. The topological polar surface area (TPSA) is 150 Å². The highest BCUT2D eigenvalue weighted by Crippen LogP contribution is 2.31. The van der Waals surface area contributed by atoms with Crippen LogP contribution in [0.25, 0.3) is 4.72 Å². The number of morpholine rings is 1. The molecule has 1 aliphatic heterocycles. The second kappa shape index (κ2) is 10.8. The molecule has 0 aliphatic carbocycles. The monoisotopic (exact) mass is 564 g/mol. The number of hydrogen-bond donors (Lipinski definition) is 1. The van der Waals surface area contributed by atoms with Crippen LogP contribution < -0.4 is 5.32 Å². The van der Waals surface area contributed by atoms with Crippen molar-refractivity contribution in [1.29, 1.82) is 0 Å². The first-order chi connectivity index (χ1) is 17.5. The van der Waals surface area contributed by atoms with Gasteiger partial charge in [-0.15, -0.1) is 11.3 Å². The number of rotatable bonds is 8. The Kier molecular flexibility index (Phi) is 7.94. The predicted octanol–water partition coefficient (Wildman–Crippen LogP) is 3.54. The van der Waals surface area contributed by atoms with Crippen LogP contribution in [0.3, 0.4) is 0 Å². The van der Waals surface area contributed by atoms with Crippen molar-refractivity contribution in [2.24, 2.45) is 0 Å². The van der Waals surface area contributed by atoms with Crippen molar-refractivity contribution in [3.8, 4) is 0 Å². The summed E-state index contributed by atoms with van der Waals surface area (Å²) in [6.07, 6.45) is 0.209. The van der Waals surface area contributed by atoms with E-state index in [0.29, 0.717) is 17.1 Å². The van der Waals surface area contributed by atoms with E-state index in [1.54, 1.807) is 0 Å². The van der Waals surface area contributed by atoms with E-state index in [1.165, 1.54) is 52.8 Å². The molecule has 3 aromatic rings. The number of nitrogens with zero attached hydrogens (tertiary/aromatic N) is 4. The van der Waals surface area contributed by atoms with Gasteiger partial charge < -0.3 is 19.9 Å². The van der Waals surface area contributed by atoms with E-state index in [4.69, 9.17) is 4.74 Å². The molecule has 2 unspecified atom stereocenters. The molecule has 1 amide bonds. The molecular weight excluding hydrogens is 538 g/mol. The largest absolute Gasteiger partial charge is 0.373 e. The van der Waals surface area contributed by atoms with E-state index in [9.17, 15) is 21.6 Å². The molecular formula is C23H26N5O6S3-. The fourth-order valence-electron chi connectivity index (χ4n) is 3.75. The number of ether oxygens (including phenoxy) is 1. The molecule has 2 aromatic carbocycles. The third-order valence-corrected chi connectivity index (χ3v) is 9.71. The Bertz CT molecular complexity index is 1460. The van der Waals surface area contributed by atoms with Crippen LogP contribution in [0, 0.1) is 0 Å². The molecule has 198 valence electrons. The standard InChI is InChI=1S/C23H27N5O6S3/c1-4-21-25-26-23(35-21)27-36(30,31)19-11-7-18(8-12-19)24-22(29)17-5-9-20(10-6-17)37(32,33)28-13-15(2)34-16(3)14-28/h5-12,15-16H,4,13-14H2,1-3H3,(H2,24,26,27,29)/p-1. The summed E-state index contributed by atoms with van der Waals surface area (Å²) in [4.78, 5) is 12.7. The number of nitrogens with one attached hydrogen (secondary N) is 1. The van der Waals surface area contributed by atoms with Crippen molar-refractivity contribution in [1.82, 2.24) is 14.5 Å². The second-order valence-corrected chi connectivity index (χ2v) is 13.1. The molecule has 0 radical (unpaired) electrons. The van der Waals surface area contributed by atoms with Crippen LogP contribution in [0.4, 0.5) is 10.8 Å². The third kappa shape index (κ3) is 6.33. The maximum absolute atomic E-state index is 13.0. The zero-order valence-electron chi connectivity index (χ0n) is 20.4. The Balaban J connectivity index is 1.41. The first-order valence-electron chi connectivity index (χ1n) is 11.5. The van der Waals surface area contributed by atoms with Gasteiger partial charge in [-0.1, -0.05) is 6.92 Å². The van der Waals surface area contributed by atoms with E-state index in [1.807, 2.05) is 20.8 Å². The number of anilines is 1. The number of amides is 1. The highest BCUT2D eigenvalue weighted by Gasteiger charge is 2.32. The van der Waals surface area contributed by atoms with Crippen LogP contribution >= 0.6 is 11.3 Å². The van der Waals surface area contributed by atoms with Crippen LogP contribution in [0.2, 0.25) is 0 Å². The van der Waals surface area contributed by atoms with Crippen LogP contribution in [-0.4, -0.2) is 62.5 Å².